The summed E-state index contributed by atoms with van der Waals surface area (Å²) in [5.41, 5.74) is 0.655. The highest BCUT2D eigenvalue weighted by Crippen LogP contribution is 1.91. The van der Waals surface area contributed by atoms with Crippen LogP contribution in [0.15, 0.2) is 12.2 Å². The average molecular weight is 157 g/mol. The number of hydrogen-bond donors (Lipinski definition) is 0. The lowest BCUT2D eigenvalue weighted by Gasteiger charge is -1.90. The van der Waals surface area contributed by atoms with Crippen LogP contribution < -0.4 is 0 Å². The first-order valence-electron chi connectivity index (χ1n) is 3.71. The van der Waals surface area contributed by atoms with E-state index in [-0.39, 0.29) is 5.78 Å². The summed E-state index contributed by atoms with van der Waals surface area (Å²) in [6.45, 7) is 7.03. The Labute approximate surface area is 69.9 Å². The predicted molar refractivity (Wildman–Crippen MR) is 49.7 cm³/mol. The van der Waals surface area contributed by atoms with E-state index in [2.05, 4.69) is 6.58 Å². The van der Waals surface area contributed by atoms with E-state index in [1.807, 2.05) is 33.0 Å². The second-order valence-corrected chi connectivity index (χ2v) is 2.90. The van der Waals surface area contributed by atoms with Gasteiger partial charge in [0.2, 0.25) is 0 Å². The van der Waals surface area contributed by atoms with Gasteiger partial charge in [0.25, 0.3) is 0 Å². The minimum atomic E-state index is 0.153. The van der Waals surface area contributed by atoms with Crippen molar-refractivity contribution in [1.82, 2.24) is 4.90 Å². The van der Waals surface area contributed by atoms with Crippen molar-refractivity contribution in [1.29, 1.82) is 0 Å². The van der Waals surface area contributed by atoms with Crippen molar-refractivity contribution in [2.45, 2.75) is 20.3 Å². The third-order valence-corrected chi connectivity index (χ3v) is 0.797. The van der Waals surface area contributed by atoms with E-state index in [9.17, 15) is 4.79 Å². The summed E-state index contributed by atoms with van der Waals surface area (Å²) in [6, 6.07) is 0. The number of rotatable bonds is 2. The van der Waals surface area contributed by atoms with Crippen LogP contribution in [0.5, 0.6) is 0 Å². The second-order valence-electron chi connectivity index (χ2n) is 2.90. The first-order valence-corrected chi connectivity index (χ1v) is 3.71. The molecule has 0 unspecified atom stereocenters. The van der Waals surface area contributed by atoms with Crippen LogP contribution in [0.4, 0.5) is 0 Å². The Hall–Kier alpha value is -0.630. The Morgan fingerprint density at radius 1 is 1.36 bits per heavy atom. The fourth-order valence-corrected chi connectivity index (χ4v) is 0.302. The molecule has 0 aliphatic rings. The largest absolute Gasteiger partial charge is 0.312 e. The topological polar surface area (TPSA) is 20.3 Å². The monoisotopic (exact) mass is 157 g/mol. The zero-order valence-corrected chi connectivity index (χ0v) is 8.27. The number of ketones is 1. The molecule has 0 fully saturated rings. The lowest BCUT2D eigenvalue weighted by atomic mass is 10.2. The fourth-order valence-electron chi connectivity index (χ4n) is 0.302. The summed E-state index contributed by atoms with van der Waals surface area (Å²) < 4.78 is 0. The average Bonchev–Trinajstić information content (AvgIpc) is 1.85. The maximum atomic E-state index is 10.4. The highest BCUT2D eigenvalue weighted by atomic mass is 16.1. The molecule has 0 spiro atoms. The molecule has 0 N–H and O–H groups in total. The molecule has 2 heteroatoms. The molecule has 0 aromatic carbocycles. The van der Waals surface area contributed by atoms with Crippen LogP contribution in [0.2, 0.25) is 0 Å². The van der Waals surface area contributed by atoms with E-state index in [0.717, 1.165) is 0 Å². The van der Waals surface area contributed by atoms with Crippen LogP contribution >= 0.6 is 0 Å². The molecule has 11 heavy (non-hydrogen) atoms. The smallest absolute Gasteiger partial charge is 0.157 e. The van der Waals surface area contributed by atoms with Crippen LogP contribution in [0.3, 0.4) is 0 Å². The van der Waals surface area contributed by atoms with Gasteiger partial charge in [-0.25, -0.2) is 0 Å². The Bertz CT molecular complexity index is 125. The molecule has 0 aliphatic carbocycles. The molecule has 66 valence electrons. The molecule has 0 radical (unpaired) electrons. The van der Waals surface area contributed by atoms with E-state index in [4.69, 9.17) is 0 Å². The molecule has 0 amide bonds. The SMILES string of the molecule is C=C(C)C(=O)CC.CN(C)C. The minimum Gasteiger partial charge on any atom is -0.312 e. The van der Waals surface area contributed by atoms with Gasteiger partial charge in [-0.3, -0.25) is 4.79 Å². The number of nitrogens with zero attached hydrogens (tertiary/aromatic N) is 1. The zero-order chi connectivity index (χ0) is 9.44. The molecule has 0 saturated heterocycles. The normalized spacial score (nSPS) is 8.55. The molecule has 0 aromatic rings. The summed E-state index contributed by atoms with van der Waals surface area (Å²) in [6.07, 6.45) is 0.579. The van der Waals surface area contributed by atoms with E-state index in [1.165, 1.54) is 0 Å². The Balaban J connectivity index is 0. The number of hydrogen-bond acceptors (Lipinski definition) is 2. The van der Waals surface area contributed by atoms with Gasteiger partial charge in [-0.2, -0.15) is 0 Å². The van der Waals surface area contributed by atoms with Crippen molar-refractivity contribution in [2.75, 3.05) is 21.1 Å². The molecule has 0 saturated carbocycles. The molecule has 0 rings (SSSR count). The quantitative estimate of drug-likeness (QED) is 0.569. The highest BCUT2D eigenvalue weighted by Gasteiger charge is 1.93. The summed E-state index contributed by atoms with van der Waals surface area (Å²) in [5, 5.41) is 0. The van der Waals surface area contributed by atoms with Gasteiger partial charge in [-0.05, 0) is 33.6 Å². The molecule has 0 bridgehead atoms. The molecule has 0 aromatic heterocycles. The van der Waals surface area contributed by atoms with E-state index in [1.54, 1.807) is 6.92 Å². The predicted octanol–water partition coefficient (Wildman–Crippen LogP) is 1.72. The number of Topliss-reactive ketones (excluding diaryl/α,β-unsaturated/α-hetero) is 1. The van der Waals surface area contributed by atoms with Gasteiger partial charge in [-0.1, -0.05) is 13.5 Å². The number of carbonyl (C=O) groups is 1. The van der Waals surface area contributed by atoms with Crippen molar-refractivity contribution in [3.05, 3.63) is 12.2 Å². The summed E-state index contributed by atoms with van der Waals surface area (Å²) >= 11 is 0. The second kappa shape index (κ2) is 7.48. The molecule has 0 aliphatic heterocycles. The Kier molecular flexibility index (Phi) is 8.83. The van der Waals surface area contributed by atoms with Gasteiger partial charge in [-0.15, -0.1) is 0 Å². The van der Waals surface area contributed by atoms with Crippen LogP contribution in [0.1, 0.15) is 20.3 Å². The first kappa shape index (κ1) is 13.0. The molecule has 0 heterocycles. The summed E-state index contributed by atoms with van der Waals surface area (Å²) in [4.78, 5) is 12.4. The van der Waals surface area contributed by atoms with Crippen molar-refractivity contribution in [2.24, 2.45) is 0 Å². The number of allylic oxidation sites excluding steroid dienone is 1. The summed E-state index contributed by atoms with van der Waals surface area (Å²) in [5.74, 6) is 0.153. The lowest BCUT2D eigenvalue weighted by molar-refractivity contribution is -0.115. The van der Waals surface area contributed by atoms with Gasteiger partial charge < -0.3 is 4.90 Å². The Morgan fingerprint density at radius 3 is 1.64 bits per heavy atom. The van der Waals surface area contributed by atoms with Crippen LogP contribution in [0, 0.1) is 0 Å². The third kappa shape index (κ3) is 17.6. The van der Waals surface area contributed by atoms with Crippen molar-refractivity contribution < 1.29 is 4.79 Å². The van der Waals surface area contributed by atoms with Gasteiger partial charge in [0.05, 0.1) is 0 Å². The van der Waals surface area contributed by atoms with Gasteiger partial charge in [0, 0.05) is 6.42 Å². The molecular formula is C9H19NO. The van der Waals surface area contributed by atoms with Gasteiger partial charge in [0.1, 0.15) is 0 Å². The van der Waals surface area contributed by atoms with Crippen molar-refractivity contribution in [3.63, 3.8) is 0 Å². The maximum absolute atomic E-state index is 10.4. The van der Waals surface area contributed by atoms with Gasteiger partial charge in [0.15, 0.2) is 5.78 Å². The number of carbonyl (C=O) groups excluding carboxylic acids is 1. The molecular weight excluding hydrogens is 138 g/mol. The maximum Gasteiger partial charge on any atom is 0.157 e. The minimum absolute atomic E-state index is 0.153. The third-order valence-electron chi connectivity index (χ3n) is 0.797. The van der Waals surface area contributed by atoms with Crippen molar-refractivity contribution in [3.8, 4) is 0 Å². The fraction of sp³-hybridized carbons (Fsp3) is 0.667. The standard InChI is InChI=1S/C6H10O.C3H9N/c1-4-6(7)5(2)3;1-4(2)3/h2,4H2,1,3H3;1-3H3. The van der Waals surface area contributed by atoms with E-state index >= 15 is 0 Å². The van der Waals surface area contributed by atoms with E-state index < -0.39 is 0 Å². The lowest BCUT2D eigenvalue weighted by Crippen LogP contribution is -1.99. The van der Waals surface area contributed by atoms with Crippen LogP contribution in [-0.4, -0.2) is 31.8 Å². The summed E-state index contributed by atoms with van der Waals surface area (Å²) in [7, 11) is 6.00. The Morgan fingerprint density at radius 2 is 1.64 bits per heavy atom. The zero-order valence-electron chi connectivity index (χ0n) is 8.27. The van der Waals surface area contributed by atoms with Crippen LogP contribution in [0.25, 0.3) is 0 Å². The van der Waals surface area contributed by atoms with E-state index in [0.29, 0.717) is 12.0 Å². The highest BCUT2D eigenvalue weighted by molar-refractivity contribution is 5.93. The first-order chi connectivity index (χ1) is 4.91. The molecule has 0 atom stereocenters. The van der Waals surface area contributed by atoms with Crippen LogP contribution in [-0.2, 0) is 4.79 Å². The van der Waals surface area contributed by atoms with Gasteiger partial charge >= 0.3 is 0 Å². The van der Waals surface area contributed by atoms with Crippen molar-refractivity contribution >= 4 is 5.78 Å². The molecule has 2 nitrogen and oxygen atoms in total.